The maximum atomic E-state index is 11.3. The molecule has 1 amide bonds. The highest BCUT2D eigenvalue weighted by Crippen LogP contribution is 1.99. The third kappa shape index (κ3) is 4.37. The zero-order chi connectivity index (χ0) is 11.1. The first-order chi connectivity index (χ1) is 6.52. The molecule has 0 spiro atoms. The number of hydrogen-bond acceptors (Lipinski definition) is 3. The molecule has 0 bridgehead atoms. The van der Waals surface area contributed by atoms with Gasteiger partial charge in [0.05, 0.1) is 12.6 Å². The van der Waals surface area contributed by atoms with Gasteiger partial charge < -0.3 is 5.32 Å². The lowest BCUT2D eigenvalue weighted by Crippen LogP contribution is -2.44. The van der Waals surface area contributed by atoms with Crippen LogP contribution in [-0.4, -0.2) is 42.3 Å². The fourth-order valence-corrected chi connectivity index (χ4v) is 1.22. The minimum Gasteiger partial charge on any atom is -0.355 e. The predicted molar refractivity (Wildman–Crippen MR) is 56.1 cm³/mol. The van der Waals surface area contributed by atoms with Gasteiger partial charge in [-0.15, -0.1) is 0 Å². The van der Waals surface area contributed by atoms with Crippen LogP contribution in [0.25, 0.3) is 0 Å². The van der Waals surface area contributed by atoms with Gasteiger partial charge in [-0.1, -0.05) is 6.92 Å². The molecule has 82 valence electrons. The lowest BCUT2D eigenvalue weighted by molar-refractivity contribution is -0.125. The van der Waals surface area contributed by atoms with Gasteiger partial charge >= 0.3 is 0 Å². The Hall–Kier alpha value is -0.900. The summed E-state index contributed by atoms with van der Waals surface area (Å²) in [6.45, 7) is 8.82. The Bertz CT molecular complexity index is 204. The molecule has 0 rings (SSSR count). The predicted octanol–water partition coefficient (Wildman–Crippen LogP) is 0.422. The molecule has 1 unspecified atom stereocenters. The Morgan fingerprint density at radius 3 is 2.29 bits per heavy atom. The first-order valence-corrected chi connectivity index (χ1v) is 5.04. The third-order valence-corrected chi connectivity index (χ3v) is 2.26. The number of carbonyl (C=O) groups is 2. The van der Waals surface area contributed by atoms with E-state index in [-0.39, 0.29) is 17.7 Å². The number of ketones is 1. The Morgan fingerprint density at radius 2 is 1.93 bits per heavy atom. The molecule has 14 heavy (non-hydrogen) atoms. The lowest BCUT2D eigenvalue weighted by Gasteiger charge is -2.24. The first-order valence-electron chi connectivity index (χ1n) is 5.04. The highest BCUT2D eigenvalue weighted by atomic mass is 16.2. The molecule has 1 atom stereocenters. The second-order valence-electron chi connectivity index (χ2n) is 3.30. The molecule has 4 heteroatoms. The molecule has 0 aliphatic carbocycles. The van der Waals surface area contributed by atoms with Gasteiger partial charge in [0.1, 0.15) is 5.78 Å². The van der Waals surface area contributed by atoms with Crippen LogP contribution in [-0.2, 0) is 9.59 Å². The highest BCUT2D eigenvalue weighted by Gasteiger charge is 2.18. The van der Waals surface area contributed by atoms with Gasteiger partial charge in [0.25, 0.3) is 0 Å². The summed E-state index contributed by atoms with van der Waals surface area (Å²) in [7, 11) is 0. The lowest BCUT2D eigenvalue weighted by atomic mass is 10.2. The molecule has 0 heterocycles. The largest absolute Gasteiger partial charge is 0.355 e. The van der Waals surface area contributed by atoms with Gasteiger partial charge in [-0.05, 0) is 27.3 Å². The van der Waals surface area contributed by atoms with Crippen molar-refractivity contribution in [2.24, 2.45) is 0 Å². The molecule has 0 aliphatic rings. The van der Waals surface area contributed by atoms with Crippen LogP contribution in [0.2, 0.25) is 0 Å². The molecule has 0 aromatic heterocycles. The summed E-state index contributed by atoms with van der Waals surface area (Å²) in [5, 5.41) is 2.71. The normalized spacial score (nSPS) is 12.6. The number of Topliss-reactive ketones (excluding diaryl/α,β-unsaturated/α-hetero) is 1. The zero-order valence-corrected chi connectivity index (χ0v) is 9.46. The first kappa shape index (κ1) is 13.1. The van der Waals surface area contributed by atoms with Crippen molar-refractivity contribution >= 4 is 11.7 Å². The van der Waals surface area contributed by atoms with Crippen molar-refractivity contribution in [1.82, 2.24) is 10.2 Å². The summed E-state index contributed by atoms with van der Waals surface area (Å²) in [6.07, 6.45) is 0. The van der Waals surface area contributed by atoms with E-state index >= 15 is 0 Å². The highest BCUT2D eigenvalue weighted by molar-refractivity contribution is 5.83. The molecule has 0 aliphatic heterocycles. The van der Waals surface area contributed by atoms with E-state index in [1.54, 1.807) is 6.92 Å². The van der Waals surface area contributed by atoms with E-state index in [1.165, 1.54) is 0 Å². The van der Waals surface area contributed by atoms with Crippen molar-refractivity contribution in [2.45, 2.75) is 33.7 Å². The van der Waals surface area contributed by atoms with E-state index < -0.39 is 0 Å². The van der Waals surface area contributed by atoms with Crippen LogP contribution < -0.4 is 5.32 Å². The van der Waals surface area contributed by atoms with Crippen molar-refractivity contribution in [1.29, 1.82) is 0 Å². The summed E-state index contributed by atoms with van der Waals surface area (Å²) < 4.78 is 0. The Balaban J connectivity index is 4.14. The Morgan fingerprint density at radius 1 is 1.36 bits per heavy atom. The quantitative estimate of drug-likeness (QED) is 0.676. The van der Waals surface area contributed by atoms with Gasteiger partial charge in [-0.3, -0.25) is 14.5 Å². The summed E-state index contributed by atoms with van der Waals surface area (Å²) in [6, 6.07) is -0.178. The van der Waals surface area contributed by atoms with E-state index in [9.17, 15) is 9.59 Å². The van der Waals surface area contributed by atoms with Crippen LogP contribution in [0.3, 0.4) is 0 Å². The number of nitrogens with zero attached hydrogens (tertiary/aromatic N) is 1. The number of amides is 1. The van der Waals surface area contributed by atoms with Gasteiger partial charge in [0.2, 0.25) is 5.91 Å². The standard InChI is InChI=1S/C10H20N2O2/c1-5-11-10(14)7-12(6-2)8(3)9(4)13/h8H,5-7H2,1-4H3,(H,11,14). The molecule has 0 aromatic carbocycles. The SMILES string of the molecule is CCNC(=O)CN(CC)C(C)C(C)=O. The van der Waals surface area contributed by atoms with Crippen molar-refractivity contribution < 1.29 is 9.59 Å². The van der Waals surface area contributed by atoms with Crippen LogP contribution in [0.15, 0.2) is 0 Å². The number of carbonyl (C=O) groups excluding carboxylic acids is 2. The number of nitrogens with one attached hydrogen (secondary N) is 1. The minimum absolute atomic E-state index is 0.0255. The fraction of sp³-hybridized carbons (Fsp3) is 0.800. The monoisotopic (exact) mass is 200 g/mol. The van der Waals surface area contributed by atoms with Gasteiger partial charge in [-0.25, -0.2) is 0 Å². The molecular formula is C10H20N2O2. The van der Waals surface area contributed by atoms with E-state index in [4.69, 9.17) is 0 Å². The molecule has 0 saturated heterocycles. The summed E-state index contributed by atoms with van der Waals surface area (Å²) in [5.41, 5.74) is 0. The van der Waals surface area contributed by atoms with Crippen LogP contribution in [0.4, 0.5) is 0 Å². The third-order valence-electron chi connectivity index (χ3n) is 2.26. The van der Waals surface area contributed by atoms with Crippen molar-refractivity contribution in [3.05, 3.63) is 0 Å². The van der Waals surface area contributed by atoms with Crippen molar-refractivity contribution in [3.8, 4) is 0 Å². The molecule has 4 nitrogen and oxygen atoms in total. The maximum Gasteiger partial charge on any atom is 0.234 e. The number of rotatable bonds is 6. The van der Waals surface area contributed by atoms with Gasteiger partial charge in [0.15, 0.2) is 0 Å². The average molecular weight is 200 g/mol. The fourth-order valence-electron chi connectivity index (χ4n) is 1.22. The zero-order valence-electron chi connectivity index (χ0n) is 9.46. The van der Waals surface area contributed by atoms with Crippen LogP contribution in [0, 0.1) is 0 Å². The molecule has 1 N–H and O–H groups in total. The number of likely N-dealkylation sites (N-methyl/N-ethyl adjacent to an activating group) is 2. The number of hydrogen-bond donors (Lipinski definition) is 1. The van der Waals surface area contributed by atoms with Crippen LogP contribution in [0.5, 0.6) is 0 Å². The van der Waals surface area contributed by atoms with Crippen LogP contribution >= 0.6 is 0 Å². The van der Waals surface area contributed by atoms with E-state index in [1.807, 2.05) is 25.7 Å². The van der Waals surface area contributed by atoms with E-state index in [0.717, 1.165) is 0 Å². The Kier molecular flexibility index (Phi) is 6.12. The molecule has 0 radical (unpaired) electrons. The summed E-state index contributed by atoms with van der Waals surface area (Å²) in [5.74, 6) is 0.0681. The molecule has 0 saturated carbocycles. The molecule has 0 aromatic rings. The second-order valence-corrected chi connectivity index (χ2v) is 3.30. The minimum atomic E-state index is -0.178. The average Bonchev–Trinajstić information content (AvgIpc) is 2.13. The van der Waals surface area contributed by atoms with Crippen molar-refractivity contribution in [2.75, 3.05) is 19.6 Å². The maximum absolute atomic E-state index is 11.3. The molecular weight excluding hydrogens is 180 g/mol. The second kappa shape index (κ2) is 6.54. The summed E-state index contributed by atoms with van der Waals surface area (Å²) >= 11 is 0. The smallest absolute Gasteiger partial charge is 0.234 e. The van der Waals surface area contributed by atoms with Gasteiger partial charge in [-0.2, -0.15) is 0 Å². The summed E-state index contributed by atoms with van der Waals surface area (Å²) in [4.78, 5) is 24.2. The Labute approximate surface area is 85.7 Å². The van der Waals surface area contributed by atoms with E-state index in [2.05, 4.69) is 5.32 Å². The van der Waals surface area contributed by atoms with Crippen molar-refractivity contribution in [3.63, 3.8) is 0 Å². The van der Waals surface area contributed by atoms with E-state index in [0.29, 0.717) is 19.6 Å². The topological polar surface area (TPSA) is 49.4 Å². The molecule has 0 fully saturated rings. The van der Waals surface area contributed by atoms with Gasteiger partial charge in [0, 0.05) is 6.54 Å². The van der Waals surface area contributed by atoms with Crippen LogP contribution in [0.1, 0.15) is 27.7 Å².